The van der Waals surface area contributed by atoms with E-state index in [0.717, 1.165) is 30.9 Å². The van der Waals surface area contributed by atoms with E-state index in [9.17, 15) is 4.79 Å². The predicted molar refractivity (Wildman–Crippen MR) is 60.9 cm³/mol. The van der Waals surface area contributed by atoms with E-state index < -0.39 is 0 Å². The Kier molecular flexibility index (Phi) is 3.36. The molecule has 0 aromatic carbocycles. The summed E-state index contributed by atoms with van der Waals surface area (Å²) in [4.78, 5) is 18.8. The van der Waals surface area contributed by atoms with Crippen molar-refractivity contribution < 1.29 is 4.79 Å². The number of rotatable bonds is 4. The Hall–Kier alpha value is -1.62. The van der Waals surface area contributed by atoms with Gasteiger partial charge in [-0.1, -0.05) is 0 Å². The van der Waals surface area contributed by atoms with Gasteiger partial charge in [-0.25, -0.2) is 4.98 Å². The van der Waals surface area contributed by atoms with Gasteiger partial charge in [0.2, 0.25) is 5.91 Å². The van der Waals surface area contributed by atoms with Crippen LogP contribution in [0.2, 0.25) is 0 Å². The highest BCUT2D eigenvalue weighted by atomic mass is 16.1. The van der Waals surface area contributed by atoms with Gasteiger partial charge >= 0.3 is 0 Å². The van der Waals surface area contributed by atoms with Crippen molar-refractivity contribution in [3.8, 4) is 0 Å². The molecule has 1 saturated heterocycles. The zero-order valence-corrected chi connectivity index (χ0v) is 9.34. The highest BCUT2D eigenvalue weighted by molar-refractivity contribution is 5.93. The molecule has 5 nitrogen and oxygen atoms in total. The van der Waals surface area contributed by atoms with Crippen LogP contribution < -0.4 is 10.6 Å². The van der Waals surface area contributed by atoms with Gasteiger partial charge in [0.15, 0.2) is 0 Å². The van der Waals surface area contributed by atoms with Crippen LogP contribution >= 0.6 is 0 Å². The maximum Gasteiger partial charge on any atom is 0.246 e. The van der Waals surface area contributed by atoms with E-state index >= 15 is 0 Å². The minimum Gasteiger partial charge on any atom is -0.352 e. The lowest BCUT2D eigenvalue weighted by Gasteiger charge is -2.21. The number of hydrogen-bond acceptors (Lipinski definition) is 3. The van der Waals surface area contributed by atoms with Crippen molar-refractivity contribution in [2.75, 3.05) is 19.6 Å². The van der Waals surface area contributed by atoms with E-state index in [-0.39, 0.29) is 5.91 Å². The number of aromatic amines is 1. The lowest BCUT2D eigenvalue weighted by atomic mass is 10.0. The first kappa shape index (κ1) is 10.9. The highest BCUT2D eigenvalue weighted by Gasteiger charge is 2.15. The van der Waals surface area contributed by atoms with Crippen LogP contribution in [-0.4, -0.2) is 35.5 Å². The summed E-state index contributed by atoms with van der Waals surface area (Å²) in [5.41, 5.74) is 2.05. The van der Waals surface area contributed by atoms with Crippen molar-refractivity contribution in [2.45, 2.75) is 13.3 Å². The fraction of sp³-hybridized carbons (Fsp3) is 0.455. The molecule has 1 aromatic rings. The molecule has 5 heteroatoms. The van der Waals surface area contributed by atoms with Crippen LogP contribution in [0.3, 0.4) is 0 Å². The van der Waals surface area contributed by atoms with E-state index in [1.54, 1.807) is 12.4 Å². The summed E-state index contributed by atoms with van der Waals surface area (Å²) in [5.74, 6) is 0.930. The Bertz CT molecular complexity index is 388. The van der Waals surface area contributed by atoms with E-state index in [1.807, 2.05) is 6.92 Å². The average molecular weight is 220 g/mol. The molecule has 0 unspecified atom stereocenters. The van der Waals surface area contributed by atoms with Crippen molar-refractivity contribution in [3.05, 3.63) is 29.4 Å². The third kappa shape index (κ3) is 2.49. The van der Waals surface area contributed by atoms with Crippen LogP contribution in [0.1, 0.15) is 12.7 Å². The Morgan fingerprint density at radius 2 is 2.38 bits per heavy atom. The fourth-order valence-electron chi connectivity index (χ4n) is 1.54. The lowest BCUT2D eigenvalue weighted by molar-refractivity contribution is -0.117. The molecular formula is C11H16N4O. The van der Waals surface area contributed by atoms with Gasteiger partial charge in [0.05, 0.1) is 0 Å². The first-order chi connectivity index (χ1) is 7.77. The quantitative estimate of drug-likeness (QED) is 0.625. The van der Waals surface area contributed by atoms with Crippen molar-refractivity contribution in [2.24, 2.45) is 0 Å². The summed E-state index contributed by atoms with van der Waals surface area (Å²) in [6.45, 7) is 4.18. The maximum atomic E-state index is 11.7. The molecule has 0 radical (unpaired) electrons. The molecule has 1 aromatic heterocycles. The third-order valence-electron chi connectivity index (χ3n) is 2.75. The predicted octanol–water partition coefficient (Wildman–Crippen LogP) is -0.0119. The number of imidazole rings is 1. The number of nitrogens with zero attached hydrogens (tertiary/aromatic N) is 1. The fourth-order valence-corrected chi connectivity index (χ4v) is 1.54. The van der Waals surface area contributed by atoms with Gasteiger partial charge in [0.25, 0.3) is 0 Å². The van der Waals surface area contributed by atoms with Gasteiger partial charge in [0.1, 0.15) is 5.82 Å². The zero-order chi connectivity index (χ0) is 11.4. The van der Waals surface area contributed by atoms with Gasteiger partial charge in [-0.15, -0.1) is 0 Å². The number of amides is 1. The standard InChI is InChI=1S/C11H16N4O/c1-8(9-6-12-7-9)11(16)15-3-2-10-13-4-5-14-10/h4-5,12H,2-3,6-7H2,1H3,(H,13,14)(H,15,16). The second kappa shape index (κ2) is 4.94. The van der Waals surface area contributed by atoms with Gasteiger partial charge in [-0.2, -0.15) is 0 Å². The number of nitrogens with one attached hydrogen (secondary N) is 3. The van der Waals surface area contributed by atoms with E-state index in [4.69, 9.17) is 0 Å². The van der Waals surface area contributed by atoms with Gasteiger partial charge in [-0.3, -0.25) is 4.79 Å². The Morgan fingerprint density at radius 3 is 2.94 bits per heavy atom. The van der Waals surface area contributed by atoms with E-state index in [1.165, 1.54) is 5.57 Å². The molecule has 1 aliphatic rings. The Balaban J connectivity index is 1.76. The van der Waals surface area contributed by atoms with Gasteiger partial charge in [-0.05, 0) is 12.5 Å². The van der Waals surface area contributed by atoms with Crippen molar-refractivity contribution in [1.82, 2.24) is 20.6 Å². The van der Waals surface area contributed by atoms with Crippen LogP contribution in [0, 0.1) is 0 Å². The van der Waals surface area contributed by atoms with Gasteiger partial charge in [0, 0.05) is 44.0 Å². The molecule has 0 spiro atoms. The van der Waals surface area contributed by atoms with E-state index in [0.29, 0.717) is 6.54 Å². The number of hydrogen-bond donors (Lipinski definition) is 3. The molecular weight excluding hydrogens is 204 g/mol. The highest BCUT2D eigenvalue weighted by Crippen LogP contribution is 2.08. The second-order valence-corrected chi connectivity index (χ2v) is 3.87. The van der Waals surface area contributed by atoms with E-state index in [2.05, 4.69) is 20.6 Å². The zero-order valence-electron chi connectivity index (χ0n) is 9.34. The van der Waals surface area contributed by atoms with Crippen molar-refractivity contribution in [3.63, 3.8) is 0 Å². The number of H-pyrrole nitrogens is 1. The SMILES string of the molecule is CC(C(=O)NCCc1ncc[nH]1)=C1CNC1. The molecule has 1 aliphatic heterocycles. The maximum absolute atomic E-state index is 11.7. The molecule has 0 saturated carbocycles. The molecule has 1 fully saturated rings. The van der Waals surface area contributed by atoms with Crippen LogP contribution in [0.25, 0.3) is 0 Å². The normalized spacial score (nSPS) is 14.4. The number of carbonyl (C=O) groups excluding carboxylic acids is 1. The molecule has 1 amide bonds. The smallest absolute Gasteiger partial charge is 0.246 e. The number of carbonyl (C=O) groups is 1. The number of aromatic nitrogens is 2. The monoisotopic (exact) mass is 220 g/mol. The molecule has 3 N–H and O–H groups in total. The summed E-state index contributed by atoms with van der Waals surface area (Å²) >= 11 is 0. The molecule has 86 valence electrons. The largest absolute Gasteiger partial charge is 0.352 e. The summed E-state index contributed by atoms with van der Waals surface area (Å²) in [6, 6.07) is 0. The average Bonchev–Trinajstić information content (AvgIpc) is 2.67. The third-order valence-corrected chi connectivity index (χ3v) is 2.75. The van der Waals surface area contributed by atoms with Gasteiger partial charge < -0.3 is 15.6 Å². The molecule has 0 aliphatic carbocycles. The molecule has 0 atom stereocenters. The second-order valence-electron chi connectivity index (χ2n) is 3.87. The molecule has 2 heterocycles. The summed E-state index contributed by atoms with van der Waals surface area (Å²) < 4.78 is 0. The van der Waals surface area contributed by atoms with Crippen LogP contribution in [-0.2, 0) is 11.2 Å². The minimum atomic E-state index is 0.0306. The van der Waals surface area contributed by atoms with Crippen LogP contribution in [0.15, 0.2) is 23.5 Å². The molecule has 2 rings (SSSR count). The molecule has 0 bridgehead atoms. The Labute approximate surface area is 94.3 Å². The first-order valence-corrected chi connectivity index (χ1v) is 5.43. The van der Waals surface area contributed by atoms with Crippen LogP contribution in [0.5, 0.6) is 0 Å². The minimum absolute atomic E-state index is 0.0306. The first-order valence-electron chi connectivity index (χ1n) is 5.43. The molecule has 16 heavy (non-hydrogen) atoms. The van der Waals surface area contributed by atoms with Crippen LogP contribution in [0.4, 0.5) is 0 Å². The summed E-state index contributed by atoms with van der Waals surface area (Å²) in [6.07, 6.45) is 4.23. The summed E-state index contributed by atoms with van der Waals surface area (Å²) in [7, 11) is 0. The Morgan fingerprint density at radius 1 is 1.56 bits per heavy atom. The topological polar surface area (TPSA) is 69.8 Å². The lowest BCUT2D eigenvalue weighted by Crippen LogP contribution is -2.38. The van der Waals surface area contributed by atoms with Crippen molar-refractivity contribution in [1.29, 1.82) is 0 Å². The van der Waals surface area contributed by atoms with Crippen molar-refractivity contribution >= 4 is 5.91 Å². The summed E-state index contributed by atoms with van der Waals surface area (Å²) in [5, 5.41) is 6.01.